The summed E-state index contributed by atoms with van der Waals surface area (Å²) in [6.45, 7) is 4.79. The maximum Gasteiger partial charge on any atom is 0.227 e. The van der Waals surface area contributed by atoms with Gasteiger partial charge in [0.2, 0.25) is 5.91 Å². The molecule has 0 atom stereocenters. The fourth-order valence-electron chi connectivity index (χ4n) is 2.24. The van der Waals surface area contributed by atoms with Gasteiger partial charge in [0.15, 0.2) is 0 Å². The Morgan fingerprint density at radius 1 is 1.26 bits per heavy atom. The average Bonchev–Trinajstić information content (AvgIpc) is 2.41. The van der Waals surface area contributed by atoms with Crippen LogP contribution in [-0.4, -0.2) is 29.3 Å². The molecule has 0 aliphatic heterocycles. The first-order valence-corrected chi connectivity index (χ1v) is 7.64. The number of amides is 1. The molecule has 2 nitrogen and oxygen atoms in total. The minimum atomic E-state index is 0.0995. The van der Waals surface area contributed by atoms with Gasteiger partial charge >= 0.3 is 0 Å². The Hall–Kier alpha value is -0.730. The van der Waals surface area contributed by atoms with Crippen molar-refractivity contribution in [2.24, 2.45) is 0 Å². The normalized spacial score (nSPS) is 10.8. The van der Waals surface area contributed by atoms with Crippen LogP contribution < -0.4 is 0 Å². The zero-order valence-corrected chi connectivity index (χ0v) is 13.0. The van der Waals surface area contributed by atoms with Gasteiger partial charge in [-0.05, 0) is 24.5 Å². The first kappa shape index (κ1) is 16.3. The van der Waals surface area contributed by atoms with Gasteiger partial charge in [0.05, 0.1) is 6.42 Å². The van der Waals surface area contributed by atoms with Crippen LogP contribution in [0.1, 0.15) is 32.3 Å². The molecule has 0 fully saturated rings. The summed E-state index contributed by atoms with van der Waals surface area (Å²) in [7, 11) is 0. The monoisotopic (exact) mass is 301 g/mol. The van der Waals surface area contributed by atoms with Gasteiger partial charge in [-0.3, -0.25) is 4.79 Å². The lowest BCUT2D eigenvalue weighted by Gasteiger charge is -2.30. The van der Waals surface area contributed by atoms with Crippen LogP contribution in [0.25, 0.3) is 0 Å². The smallest absolute Gasteiger partial charge is 0.227 e. The second kappa shape index (κ2) is 8.44. The van der Waals surface area contributed by atoms with Crippen LogP contribution >= 0.6 is 23.2 Å². The summed E-state index contributed by atoms with van der Waals surface area (Å²) >= 11 is 11.9. The van der Waals surface area contributed by atoms with Crippen LogP contribution in [0, 0.1) is 0 Å². The molecule has 1 aromatic carbocycles. The number of hydrogen-bond donors (Lipinski definition) is 0. The van der Waals surface area contributed by atoms with Crippen molar-refractivity contribution >= 4 is 29.1 Å². The van der Waals surface area contributed by atoms with E-state index in [2.05, 4.69) is 13.8 Å². The summed E-state index contributed by atoms with van der Waals surface area (Å²) in [6, 6.07) is 7.73. The van der Waals surface area contributed by atoms with Gasteiger partial charge in [-0.15, -0.1) is 11.6 Å². The Labute approximate surface area is 125 Å². The molecule has 0 radical (unpaired) electrons. The Bertz CT molecular complexity index is 405. The van der Waals surface area contributed by atoms with Crippen molar-refractivity contribution in [3.63, 3.8) is 0 Å². The van der Waals surface area contributed by atoms with Gasteiger partial charge < -0.3 is 4.90 Å². The van der Waals surface area contributed by atoms with Gasteiger partial charge in [0.25, 0.3) is 0 Å². The van der Waals surface area contributed by atoms with Crippen LogP contribution in [-0.2, 0) is 11.2 Å². The molecule has 0 unspecified atom stereocenters. The minimum Gasteiger partial charge on any atom is -0.338 e. The molecule has 0 aromatic heterocycles. The molecule has 0 N–H and O–H groups in total. The van der Waals surface area contributed by atoms with Gasteiger partial charge in [0.1, 0.15) is 0 Å². The number of alkyl halides is 1. The Kier molecular flexibility index (Phi) is 7.25. The Morgan fingerprint density at radius 3 is 2.42 bits per heavy atom. The summed E-state index contributed by atoms with van der Waals surface area (Å²) in [6.07, 6.45) is 2.23. The van der Waals surface area contributed by atoms with Crippen molar-refractivity contribution in [1.29, 1.82) is 0 Å². The van der Waals surface area contributed by atoms with Crippen molar-refractivity contribution in [2.75, 3.05) is 12.4 Å². The Morgan fingerprint density at radius 2 is 1.89 bits per heavy atom. The van der Waals surface area contributed by atoms with Crippen LogP contribution in [0.15, 0.2) is 24.3 Å². The summed E-state index contributed by atoms with van der Waals surface area (Å²) < 4.78 is 0. The van der Waals surface area contributed by atoms with Gasteiger partial charge in [-0.1, -0.05) is 43.6 Å². The van der Waals surface area contributed by atoms with E-state index >= 15 is 0 Å². The highest BCUT2D eigenvalue weighted by Crippen LogP contribution is 2.18. The summed E-state index contributed by atoms with van der Waals surface area (Å²) in [4.78, 5) is 14.3. The molecule has 1 rings (SSSR count). The van der Waals surface area contributed by atoms with E-state index in [1.54, 1.807) is 0 Å². The largest absolute Gasteiger partial charge is 0.338 e. The van der Waals surface area contributed by atoms with Crippen LogP contribution in [0.2, 0.25) is 5.02 Å². The molecule has 0 heterocycles. The molecular weight excluding hydrogens is 281 g/mol. The predicted octanol–water partition coefficient (Wildman–Crippen LogP) is 4.14. The molecule has 0 saturated heterocycles. The quantitative estimate of drug-likeness (QED) is 0.693. The first-order chi connectivity index (χ1) is 9.13. The SMILES string of the molecule is CCC(CC)N(CCCl)C(=O)Cc1ccccc1Cl. The van der Waals surface area contributed by atoms with Crippen LogP contribution in [0.5, 0.6) is 0 Å². The molecule has 4 heteroatoms. The summed E-state index contributed by atoms with van der Waals surface area (Å²) in [5.41, 5.74) is 0.875. The predicted molar refractivity (Wildman–Crippen MR) is 82.0 cm³/mol. The third-order valence-corrected chi connectivity index (χ3v) is 3.87. The van der Waals surface area contributed by atoms with Gasteiger partial charge in [0, 0.05) is 23.5 Å². The number of benzene rings is 1. The van der Waals surface area contributed by atoms with E-state index in [9.17, 15) is 4.79 Å². The van der Waals surface area contributed by atoms with Crippen LogP contribution in [0.3, 0.4) is 0 Å². The maximum absolute atomic E-state index is 12.4. The number of carbonyl (C=O) groups is 1. The highest BCUT2D eigenvalue weighted by atomic mass is 35.5. The summed E-state index contributed by atoms with van der Waals surface area (Å²) in [5, 5.41) is 0.645. The number of carbonyl (C=O) groups excluding carboxylic acids is 1. The van der Waals surface area contributed by atoms with E-state index in [1.807, 2.05) is 29.2 Å². The molecule has 0 aliphatic carbocycles. The number of halogens is 2. The molecule has 19 heavy (non-hydrogen) atoms. The molecule has 0 spiro atoms. The third-order valence-electron chi connectivity index (χ3n) is 3.33. The minimum absolute atomic E-state index is 0.0995. The lowest BCUT2D eigenvalue weighted by atomic mass is 10.1. The molecule has 0 bridgehead atoms. The fourth-order valence-corrected chi connectivity index (χ4v) is 2.62. The zero-order chi connectivity index (χ0) is 14.3. The molecule has 106 valence electrons. The lowest BCUT2D eigenvalue weighted by Crippen LogP contribution is -2.41. The van der Waals surface area contributed by atoms with Crippen molar-refractivity contribution < 1.29 is 4.79 Å². The number of hydrogen-bond acceptors (Lipinski definition) is 1. The first-order valence-electron chi connectivity index (χ1n) is 6.72. The highest BCUT2D eigenvalue weighted by Gasteiger charge is 2.21. The van der Waals surface area contributed by atoms with Gasteiger partial charge in [-0.25, -0.2) is 0 Å². The highest BCUT2D eigenvalue weighted by molar-refractivity contribution is 6.31. The van der Waals surface area contributed by atoms with E-state index in [0.29, 0.717) is 23.9 Å². The van der Waals surface area contributed by atoms with Crippen molar-refractivity contribution in [1.82, 2.24) is 4.90 Å². The third kappa shape index (κ3) is 4.70. The maximum atomic E-state index is 12.4. The van der Waals surface area contributed by atoms with E-state index in [-0.39, 0.29) is 11.9 Å². The van der Waals surface area contributed by atoms with Crippen molar-refractivity contribution in [2.45, 2.75) is 39.2 Å². The molecule has 1 aromatic rings. The second-order valence-corrected chi connectivity index (χ2v) is 5.30. The van der Waals surface area contributed by atoms with E-state index in [0.717, 1.165) is 18.4 Å². The Balaban J connectivity index is 2.80. The molecular formula is C15H21Cl2NO. The van der Waals surface area contributed by atoms with E-state index in [1.165, 1.54) is 0 Å². The topological polar surface area (TPSA) is 20.3 Å². The number of nitrogens with zero attached hydrogens (tertiary/aromatic N) is 1. The number of rotatable bonds is 7. The second-order valence-electron chi connectivity index (χ2n) is 4.51. The van der Waals surface area contributed by atoms with Crippen molar-refractivity contribution in [3.8, 4) is 0 Å². The van der Waals surface area contributed by atoms with E-state index < -0.39 is 0 Å². The zero-order valence-electron chi connectivity index (χ0n) is 11.5. The fraction of sp³-hybridized carbons (Fsp3) is 0.533. The lowest BCUT2D eigenvalue weighted by molar-refractivity contribution is -0.132. The molecule has 0 aliphatic rings. The van der Waals surface area contributed by atoms with Crippen LogP contribution in [0.4, 0.5) is 0 Å². The van der Waals surface area contributed by atoms with Gasteiger partial charge in [-0.2, -0.15) is 0 Å². The molecule has 0 saturated carbocycles. The van der Waals surface area contributed by atoms with Crippen molar-refractivity contribution in [3.05, 3.63) is 34.9 Å². The standard InChI is InChI=1S/C15H21Cl2NO/c1-3-13(4-2)18(10-9-16)15(19)11-12-7-5-6-8-14(12)17/h5-8,13H,3-4,9-11H2,1-2H3. The average molecular weight is 302 g/mol. The molecule has 1 amide bonds. The summed E-state index contributed by atoms with van der Waals surface area (Å²) in [5.74, 6) is 0.563. The van der Waals surface area contributed by atoms with E-state index in [4.69, 9.17) is 23.2 Å².